The fourth-order valence-electron chi connectivity index (χ4n) is 2.83. The van der Waals surface area contributed by atoms with Crippen LogP contribution in [-0.2, 0) is 11.4 Å². The number of carbonyl (C=O) groups excluding carboxylic acids is 1. The van der Waals surface area contributed by atoms with Crippen LogP contribution >= 0.6 is 0 Å². The van der Waals surface area contributed by atoms with Crippen LogP contribution in [0.15, 0.2) is 60.8 Å². The van der Waals surface area contributed by atoms with Crippen molar-refractivity contribution in [1.82, 2.24) is 9.97 Å². The van der Waals surface area contributed by atoms with Crippen molar-refractivity contribution < 1.29 is 9.90 Å². The van der Waals surface area contributed by atoms with E-state index in [2.05, 4.69) is 10.3 Å². The molecular weight excluding hydrogens is 362 g/mol. The molecule has 0 spiro atoms. The van der Waals surface area contributed by atoms with Gasteiger partial charge in [0.2, 0.25) is 5.91 Å². The lowest BCUT2D eigenvalue weighted by Crippen LogP contribution is -2.16. The average molecular weight is 387 g/mol. The summed E-state index contributed by atoms with van der Waals surface area (Å²) in [4.78, 5) is 21.4. The van der Waals surface area contributed by atoms with E-state index in [-0.39, 0.29) is 18.4 Å². The Labute approximate surface area is 171 Å². The van der Waals surface area contributed by atoms with E-state index in [1.54, 1.807) is 6.20 Å². The molecule has 0 aliphatic rings. The molecule has 0 aliphatic carbocycles. The van der Waals surface area contributed by atoms with Gasteiger partial charge in [-0.1, -0.05) is 74.5 Å². The Hall–Kier alpha value is -3.31. The molecule has 0 aliphatic heterocycles. The first-order valence-electron chi connectivity index (χ1n) is 9.65. The average Bonchev–Trinajstić information content (AvgIpc) is 2.73. The van der Waals surface area contributed by atoms with Gasteiger partial charge in [-0.25, -0.2) is 9.97 Å². The minimum absolute atomic E-state index is 0.00214. The first kappa shape index (κ1) is 20.4. The molecule has 0 atom stereocenters. The topological polar surface area (TPSA) is 75.1 Å². The lowest BCUT2D eigenvalue weighted by Gasteiger charge is -2.10. The quantitative estimate of drug-likeness (QED) is 0.611. The molecule has 0 bridgehead atoms. The molecule has 1 heterocycles. The van der Waals surface area contributed by atoms with Crippen LogP contribution in [0, 0.1) is 5.92 Å². The summed E-state index contributed by atoms with van der Waals surface area (Å²) in [5.74, 6) is 0.623. The molecule has 5 heteroatoms. The van der Waals surface area contributed by atoms with E-state index in [1.165, 1.54) is 0 Å². The first-order chi connectivity index (χ1) is 14.0. The van der Waals surface area contributed by atoms with Gasteiger partial charge in [0.1, 0.15) is 5.69 Å². The van der Waals surface area contributed by atoms with Gasteiger partial charge in [-0.2, -0.15) is 0 Å². The Morgan fingerprint density at radius 3 is 2.45 bits per heavy atom. The Morgan fingerprint density at radius 1 is 1.07 bits per heavy atom. The number of amides is 1. The van der Waals surface area contributed by atoms with Crippen molar-refractivity contribution in [2.75, 3.05) is 5.32 Å². The van der Waals surface area contributed by atoms with Crippen LogP contribution in [0.4, 0.5) is 5.82 Å². The molecule has 0 saturated carbocycles. The summed E-state index contributed by atoms with van der Waals surface area (Å²) in [6, 6.07) is 17.4. The van der Waals surface area contributed by atoms with Crippen LogP contribution in [0.25, 0.3) is 23.4 Å². The van der Waals surface area contributed by atoms with E-state index in [4.69, 9.17) is 4.98 Å². The summed E-state index contributed by atoms with van der Waals surface area (Å²) in [7, 11) is 0. The SMILES string of the molecule is CC(C)CC(=O)Nc1ncc(-c2ccc(CO)cc2)nc1/C=C/c1ccccc1. The number of aliphatic hydroxyl groups is 1. The van der Waals surface area contributed by atoms with E-state index < -0.39 is 0 Å². The van der Waals surface area contributed by atoms with Crippen molar-refractivity contribution in [1.29, 1.82) is 0 Å². The van der Waals surface area contributed by atoms with Crippen LogP contribution in [-0.4, -0.2) is 21.0 Å². The van der Waals surface area contributed by atoms with Gasteiger partial charge in [0.25, 0.3) is 0 Å². The zero-order chi connectivity index (χ0) is 20.6. The third-order valence-electron chi connectivity index (χ3n) is 4.32. The molecule has 3 rings (SSSR count). The molecule has 0 radical (unpaired) electrons. The Kier molecular flexibility index (Phi) is 6.87. The number of nitrogens with one attached hydrogen (secondary N) is 1. The fraction of sp³-hybridized carbons (Fsp3) is 0.208. The van der Waals surface area contributed by atoms with Gasteiger partial charge in [0.05, 0.1) is 18.5 Å². The maximum atomic E-state index is 12.2. The highest BCUT2D eigenvalue weighted by atomic mass is 16.3. The number of anilines is 1. The maximum absolute atomic E-state index is 12.2. The Morgan fingerprint density at radius 2 is 1.79 bits per heavy atom. The number of nitrogens with zero attached hydrogens (tertiary/aromatic N) is 2. The molecule has 2 aromatic carbocycles. The van der Waals surface area contributed by atoms with Gasteiger partial charge < -0.3 is 10.4 Å². The lowest BCUT2D eigenvalue weighted by molar-refractivity contribution is -0.116. The molecule has 1 aromatic heterocycles. The zero-order valence-electron chi connectivity index (χ0n) is 16.7. The lowest BCUT2D eigenvalue weighted by atomic mass is 10.1. The van der Waals surface area contributed by atoms with Crippen LogP contribution in [0.5, 0.6) is 0 Å². The highest BCUT2D eigenvalue weighted by Gasteiger charge is 2.12. The second kappa shape index (κ2) is 9.75. The zero-order valence-corrected chi connectivity index (χ0v) is 16.7. The van der Waals surface area contributed by atoms with Crippen molar-refractivity contribution in [3.8, 4) is 11.3 Å². The predicted octanol–water partition coefficient (Wildman–Crippen LogP) is 4.79. The first-order valence-corrected chi connectivity index (χ1v) is 9.65. The van der Waals surface area contributed by atoms with Gasteiger partial charge in [0, 0.05) is 12.0 Å². The number of rotatable bonds is 7. The smallest absolute Gasteiger partial charge is 0.225 e. The molecule has 1 amide bonds. The third-order valence-corrected chi connectivity index (χ3v) is 4.32. The number of carbonyl (C=O) groups is 1. The van der Waals surface area contributed by atoms with Crippen molar-refractivity contribution in [2.45, 2.75) is 26.9 Å². The van der Waals surface area contributed by atoms with E-state index in [1.807, 2.05) is 80.6 Å². The number of aliphatic hydroxyl groups excluding tert-OH is 1. The van der Waals surface area contributed by atoms with Crippen LogP contribution in [0.3, 0.4) is 0 Å². The van der Waals surface area contributed by atoms with Gasteiger partial charge >= 0.3 is 0 Å². The molecule has 0 fully saturated rings. The maximum Gasteiger partial charge on any atom is 0.225 e. The highest BCUT2D eigenvalue weighted by molar-refractivity contribution is 5.92. The minimum atomic E-state index is -0.0799. The normalized spacial score (nSPS) is 11.2. The fourth-order valence-corrected chi connectivity index (χ4v) is 2.83. The summed E-state index contributed by atoms with van der Waals surface area (Å²) >= 11 is 0. The Bertz CT molecular complexity index is 981. The summed E-state index contributed by atoms with van der Waals surface area (Å²) < 4.78 is 0. The minimum Gasteiger partial charge on any atom is -0.392 e. The van der Waals surface area contributed by atoms with E-state index in [0.717, 1.165) is 16.7 Å². The molecule has 0 saturated heterocycles. The Balaban J connectivity index is 1.94. The second-order valence-corrected chi connectivity index (χ2v) is 7.23. The van der Waals surface area contributed by atoms with Gasteiger partial charge in [-0.05, 0) is 23.1 Å². The number of hydrogen-bond donors (Lipinski definition) is 2. The highest BCUT2D eigenvalue weighted by Crippen LogP contribution is 2.22. The van der Waals surface area contributed by atoms with Crippen molar-refractivity contribution in [3.05, 3.63) is 77.6 Å². The van der Waals surface area contributed by atoms with Crippen molar-refractivity contribution in [3.63, 3.8) is 0 Å². The predicted molar refractivity (Wildman–Crippen MR) is 117 cm³/mol. The number of benzene rings is 2. The largest absolute Gasteiger partial charge is 0.392 e. The molecule has 3 aromatic rings. The van der Waals surface area contributed by atoms with Crippen molar-refractivity contribution in [2.24, 2.45) is 5.92 Å². The van der Waals surface area contributed by atoms with Crippen LogP contribution in [0.2, 0.25) is 0 Å². The monoisotopic (exact) mass is 387 g/mol. The van der Waals surface area contributed by atoms with E-state index in [0.29, 0.717) is 23.6 Å². The van der Waals surface area contributed by atoms with Gasteiger partial charge in [-0.15, -0.1) is 0 Å². The molecule has 0 unspecified atom stereocenters. The molecule has 148 valence electrons. The number of hydrogen-bond acceptors (Lipinski definition) is 4. The van der Waals surface area contributed by atoms with E-state index >= 15 is 0 Å². The van der Waals surface area contributed by atoms with Gasteiger partial charge in [0.15, 0.2) is 5.82 Å². The molecule has 29 heavy (non-hydrogen) atoms. The van der Waals surface area contributed by atoms with Crippen LogP contribution in [0.1, 0.15) is 37.1 Å². The summed E-state index contributed by atoms with van der Waals surface area (Å²) in [6.45, 7) is 4.00. The number of aromatic nitrogens is 2. The molecular formula is C24H25N3O2. The van der Waals surface area contributed by atoms with Crippen molar-refractivity contribution >= 4 is 23.9 Å². The summed E-state index contributed by atoms with van der Waals surface area (Å²) in [6.07, 6.45) is 5.88. The standard InChI is InChI=1S/C24H25N3O2/c1-17(2)14-23(29)27-24-21(13-10-18-6-4-3-5-7-18)26-22(15-25-24)20-11-8-19(16-28)9-12-20/h3-13,15,17,28H,14,16H2,1-2H3,(H,25,27,29)/b13-10+. The second-order valence-electron chi connectivity index (χ2n) is 7.23. The third kappa shape index (κ3) is 5.83. The van der Waals surface area contributed by atoms with Crippen LogP contribution < -0.4 is 5.32 Å². The summed E-state index contributed by atoms with van der Waals surface area (Å²) in [5, 5.41) is 12.1. The molecule has 5 nitrogen and oxygen atoms in total. The summed E-state index contributed by atoms with van der Waals surface area (Å²) in [5.41, 5.74) is 4.05. The van der Waals surface area contributed by atoms with E-state index in [9.17, 15) is 9.90 Å². The van der Waals surface area contributed by atoms with Gasteiger partial charge in [-0.3, -0.25) is 4.79 Å². The molecule has 2 N–H and O–H groups in total.